The van der Waals surface area contributed by atoms with Crippen molar-refractivity contribution in [2.45, 2.75) is 31.6 Å². The third-order valence-electron chi connectivity index (χ3n) is 3.49. The van der Waals surface area contributed by atoms with Gasteiger partial charge in [0.15, 0.2) is 0 Å². The van der Waals surface area contributed by atoms with Crippen molar-refractivity contribution in [1.29, 1.82) is 0 Å². The zero-order valence-corrected chi connectivity index (χ0v) is 13.4. The van der Waals surface area contributed by atoms with Crippen LogP contribution in [0.5, 0.6) is 0 Å². The molecule has 1 aliphatic rings. The number of hydrogen-bond donors (Lipinski definition) is 1. The molecule has 2 amide bonds. The predicted octanol–water partition coefficient (Wildman–Crippen LogP) is 1.97. The molecule has 0 aromatic heterocycles. The average Bonchev–Trinajstić information content (AvgIpc) is 3.24. The minimum absolute atomic E-state index is 0.000434. The van der Waals surface area contributed by atoms with E-state index < -0.39 is 0 Å². The molecule has 2 rings (SSSR count). The Morgan fingerprint density at radius 3 is 2.71 bits per heavy atom. The molecule has 0 aliphatic heterocycles. The molecule has 1 aromatic carbocycles. The van der Waals surface area contributed by atoms with Gasteiger partial charge in [-0.05, 0) is 30.9 Å². The number of hydrogen-bond acceptors (Lipinski definition) is 3. The van der Waals surface area contributed by atoms with Crippen molar-refractivity contribution in [2.24, 2.45) is 0 Å². The van der Waals surface area contributed by atoms with E-state index in [0.29, 0.717) is 11.8 Å². The zero-order chi connectivity index (χ0) is 15.2. The van der Waals surface area contributed by atoms with Gasteiger partial charge < -0.3 is 10.2 Å². The highest BCUT2D eigenvalue weighted by Gasteiger charge is 2.24. The van der Waals surface area contributed by atoms with Crippen molar-refractivity contribution < 1.29 is 9.59 Å². The molecule has 0 spiro atoms. The van der Waals surface area contributed by atoms with Crippen LogP contribution in [0.15, 0.2) is 24.3 Å². The van der Waals surface area contributed by atoms with Gasteiger partial charge in [0.25, 0.3) is 0 Å². The SMILES string of the molecule is Cc1ccccc1CSCC(=O)N(C)CC(=O)NC1CC1. The van der Waals surface area contributed by atoms with Gasteiger partial charge in [-0.1, -0.05) is 24.3 Å². The lowest BCUT2D eigenvalue weighted by atomic mass is 10.1. The minimum Gasteiger partial charge on any atom is -0.352 e. The first kappa shape index (κ1) is 15.9. The number of amides is 2. The molecule has 1 aliphatic carbocycles. The Bertz CT molecular complexity index is 515. The molecular formula is C16H22N2O2S. The number of thioether (sulfide) groups is 1. The number of likely N-dealkylation sites (N-methyl/N-ethyl adjacent to an activating group) is 1. The molecule has 1 saturated carbocycles. The van der Waals surface area contributed by atoms with Crippen LogP contribution in [0.3, 0.4) is 0 Å². The monoisotopic (exact) mass is 306 g/mol. The van der Waals surface area contributed by atoms with Crippen molar-refractivity contribution in [1.82, 2.24) is 10.2 Å². The summed E-state index contributed by atoms with van der Waals surface area (Å²) < 4.78 is 0. The quantitative estimate of drug-likeness (QED) is 0.838. The summed E-state index contributed by atoms with van der Waals surface area (Å²) in [4.78, 5) is 25.1. The maximum atomic E-state index is 12.0. The summed E-state index contributed by atoms with van der Waals surface area (Å²) in [7, 11) is 1.68. The number of benzene rings is 1. The molecule has 0 atom stereocenters. The van der Waals surface area contributed by atoms with Gasteiger partial charge in [0.05, 0.1) is 12.3 Å². The van der Waals surface area contributed by atoms with E-state index in [-0.39, 0.29) is 18.4 Å². The number of carbonyl (C=O) groups is 2. The van der Waals surface area contributed by atoms with Crippen molar-refractivity contribution in [3.8, 4) is 0 Å². The van der Waals surface area contributed by atoms with Gasteiger partial charge >= 0.3 is 0 Å². The maximum Gasteiger partial charge on any atom is 0.239 e. The Labute approximate surface area is 130 Å². The number of carbonyl (C=O) groups excluding carboxylic acids is 2. The highest BCUT2D eigenvalue weighted by Crippen LogP contribution is 2.18. The lowest BCUT2D eigenvalue weighted by molar-refractivity contribution is -0.132. The highest BCUT2D eigenvalue weighted by atomic mass is 32.2. The molecule has 0 radical (unpaired) electrons. The predicted molar refractivity (Wildman–Crippen MR) is 86.1 cm³/mol. The standard InChI is InChI=1S/C16H22N2O2S/c1-12-5-3-4-6-13(12)10-21-11-16(20)18(2)9-15(19)17-14-7-8-14/h3-6,14H,7-11H2,1-2H3,(H,17,19). The molecule has 0 bridgehead atoms. The molecule has 5 heteroatoms. The normalized spacial score (nSPS) is 13.8. The third-order valence-corrected chi connectivity index (χ3v) is 4.46. The molecule has 0 saturated heterocycles. The second kappa shape index (κ2) is 7.50. The number of rotatable bonds is 7. The summed E-state index contributed by atoms with van der Waals surface area (Å²) >= 11 is 1.59. The molecule has 0 heterocycles. The largest absolute Gasteiger partial charge is 0.352 e. The smallest absolute Gasteiger partial charge is 0.239 e. The summed E-state index contributed by atoms with van der Waals surface area (Å²) in [5.74, 6) is 1.17. The van der Waals surface area contributed by atoms with E-state index in [4.69, 9.17) is 0 Å². The lowest BCUT2D eigenvalue weighted by Gasteiger charge is -2.16. The van der Waals surface area contributed by atoms with Crippen LogP contribution in [-0.4, -0.2) is 42.1 Å². The second-order valence-corrected chi connectivity index (χ2v) is 6.50. The van der Waals surface area contributed by atoms with Crippen LogP contribution < -0.4 is 5.32 Å². The molecular weight excluding hydrogens is 284 g/mol. The number of nitrogens with one attached hydrogen (secondary N) is 1. The summed E-state index contributed by atoms with van der Waals surface area (Å²) in [6.07, 6.45) is 2.13. The van der Waals surface area contributed by atoms with Crippen LogP contribution in [0, 0.1) is 6.92 Å². The fourth-order valence-corrected chi connectivity index (χ4v) is 2.98. The second-order valence-electron chi connectivity index (χ2n) is 5.51. The fourth-order valence-electron chi connectivity index (χ4n) is 1.94. The van der Waals surface area contributed by atoms with E-state index in [2.05, 4.69) is 24.4 Å². The van der Waals surface area contributed by atoms with E-state index in [1.54, 1.807) is 18.8 Å². The van der Waals surface area contributed by atoms with Gasteiger partial charge in [0, 0.05) is 18.8 Å². The molecule has 21 heavy (non-hydrogen) atoms. The minimum atomic E-state index is -0.0581. The van der Waals surface area contributed by atoms with E-state index in [1.807, 2.05) is 12.1 Å². The van der Waals surface area contributed by atoms with Crippen LogP contribution in [0.2, 0.25) is 0 Å². The Balaban J connectivity index is 1.68. The van der Waals surface area contributed by atoms with E-state index >= 15 is 0 Å². The average molecular weight is 306 g/mol. The maximum absolute atomic E-state index is 12.0. The fraction of sp³-hybridized carbons (Fsp3) is 0.500. The van der Waals surface area contributed by atoms with Gasteiger partial charge in [-0.3, -0.25) is 9.59 Å². The van der Waals surface area contributed by atoms with E-state index in [0.717, 1.165) is 18.6 Å². The molecule has 1 fully saturated rings. The highest BCUT2D eigenvalue weighted by molar-refractivity contribution is 7.99. The van der Waals surface area contributed by atoms with Crippen molar-refractivity contribution >= 4 is 23.6 Å². The van der Waals surface area contributed by atoms with Crippen LogP contribution in [0.1, 0.15) is 24.0 Å². The van der Waals surface area contributed by atoms with Crippen molar-refractivity contribution in [2.75, 3.05) is 19.3 Å². The molecule has 1 N–H and O–H groups in total. The lowest BCUT2D eigenvalue weighted by Crippen LogP contribution is -2.39. The molecule has 114 valence electrons. The van der Waals surface area contributed by atoms with E-state index in [9.17, 15) is 9.59 Å². The first-order valence-electron chi connectivity index (χ1n) is 7.22. The van der Waals surface area contributed by atoms with Gasteiger partial charge in [0.1, 0.15) is 0 Å². The van der Waals surface area contributed by atoms with Crippen molar-refractivity contribution in [3.05, 3.63) is 35.4 Å². The van der Waals surface area contributed by atoms with Crippen molar-refractivity contribution in [3.63, 3.8) is 0 Å². The summed E-state index contributed by atoms with van der Waals surface area (Å²) in [6.45, 7) is 2.23. The first-order chi connectivity index (χ1) is 10.1. The Hall–Kier alpha value is -1.49. The van der Waals surface area contributed by atoms with E-state index in [1.165, 1.54) is 16.0 Å². The molecule has 1 aromatic rings. The van der Waals surface area contributed by atoms with Crippen LogP contribution >= 0.6 is 11.8 Å². The summed E-state index contributed by atoms with van der Waals surface area (Å²) in [5.41, 5.74) is 2.50. The third kappa shape index (κ3) is 5.42. The van der Waals surface area contributed by atoms with Gasteiger partial charge in [-0.25, -0.2) is 0 Å². The molecule has 4 nitrogen and oxygen atoms in total. The number of aryl methyl sites for hydroxylation is 1. The Morgan fingerprint density at radius 2 is 2.05 bits per heavy atom. The van der Waals surface area contributed by atoms with Crippen LogP contribution in [0.4, 0.5) is 0 Å². The Morgan fingerprint density at radius 1 is 1.33 bits per heavy atom. The summed E-state index contributed by atoms with van der Waals surface area (Å²) in [6, 6.07) is 8.53. The molecule has 0 unspecified atom stereocenters. The van der Waals surface area contributed by atoms with Crippen LogP contribution in [-0.2, 0) is 15.3 Å². The van der Waals surface area contributed by atoms with Crippen LogP contribution in [0.25, 0.3) is 0 Å². The zero-order valence-electron chi connectivity index (χ0n) is 12.6. The van der Waals surface area contributed by atoms with Gasteiger partial charge in [-0.15, -0.1) is 11.8 Å². The van der Waals surface area contributed by atoms with Gasteiger partial charge in [0.2, 0.25) is 11.8 Å². The summed E-state index contributed by atoms with van der Waals surface area (Å²) in [5, 5.41) is 2.89. The topological polar surface area (TPSA) is 49.4 Å². The van der Waals surface area contributed by atoms with Gasteiger partial charge in [-0.2, -0.15) is 0 Å². The Kier molecular flexibility index (Phi) is 5.67. The first-order valence-corrected chi connectivity index (χ1v) is 8.37. The number of nitrogens with zero attached hydrogens (tertiary/aromatic N) is 1.